The van der Waals surface area contributed by atoms with Gasteiger partial charge < -0.3 is 14.4 Å². The van der Waals surface area contributed by atoms with Crippen LogP contribution in [0.2, 0.25) is 0 Å². The Labute approximate surface area is 197 Å². The van der Waals surface area contributed by atoms with E-state index in [-0.39, 0.29) is 11.3 Å². The quantitative estimate of drug-likeness (QED) is 0.547. The van der Waals surface area contributed by atoms with Crippen LogP contribution in [0.5, 0.6) is 11.5 Å². The van der Waals surface area contributed by atoms with E-state index >= 15 is 0 Å². The van der Waals surface area contributed by atoms with Crippen molar-refractivity contribution in [2.24, 2.45) is 5.41 Å². The molecule has 0 spiro atoms. The number of hydrogen-bond acceptors (Lipinski definition) is 4. The minimum atomic E-state index is -0.00714. The molecule has 2 aliphatic rings. The molecule has 0 radical (unpaired) electrons. The number of pyridine rings is 1. The summed E-state index contributed by atoms with van der Waals surface area (Å²) in [6.07, 6.45) is 11.8. The summed E-state index contributed by atoms with van der Waals surface area (Å²) in [5.74, 6) is 1.79. The number of hydrogen-bond donors (Lipinski definition) is 0. The standard InChI is InChI=1S/C28H34N2O3/c1-5-21-7-6-12-28(3,13-10-21)19-33-25-9-8-22(16-26(25)32-4)23-17-30(18-23)27(31)24-15-20(2)11-14-29-24/h7-11,13-16,23H,5-6,12,17-19H2,1-4H3. The molecule has 1 unspecified atom stereocenters. The molecule has 5 nitrogen and oxygen atoms in total. The second-order valence-electron chi connectivity index (χ2n) is 9.48. The average Bonchev–Trinajstić information content (AvgIpc) is 2.98. The molecule has 1 aromatic carbocycles. The van der Waals surface area contributed by atoms with Crippen LogP contribution in [0.1, 0.15) is 60.6 Å². The minimum Gasteiger partial charge on any atom is -0.493 e. The molecular weight excluding hydrogens is 412 g/mol. The van der Waals surface area contributed by atoms with Crippen molar-refractivity contribution in [1.29, 1.82) is 0 Å². The van der Waals surface area contributed by atoms with Gasteiger partial charge in [-0.2, -0.15) is 0 Å². The Morgan fingerprint density at radius 1 is 1.21 bits per heavy atom. The van der Waals surface area contributed by atoms with Crippen LogP contribution in [0.15, 0.2) is 60.3 Å². The predicted molar refractivity (Wildman–Crippen MR) is 131 cm³/mol. The van der Waals surface area contributed by atoms with Gasteiger partial charge in [0.25, 0.3) is 5.91 Å². The largest absolute Gasteiger partial charge is 0.493 e. The summed E-state index contributed by atoms with van der Waals surface area (Å²) in [5, 5.41) is 0. The number of ether oxygens (including phenoxy) is 2. The Bertz CT molecular complexity index is 1070. The van der Waals surface area contributed by atoms with Gasteiger partial charge in [0.1, 0.15) is 5.69 Å². The molecular formula is C28H34N2O3. The fourth-order valence-electron chi connectivity index (χ4n) is 4.40. The zero-order chi connectivity index (χ0) is 23.4. The highest BCUT2D eigenvalue weighted by Crippen LogP contribution is 2.37. The summed E-state index contributed by atoms with van der Waals surface area (Å²) < 4.78 is 11.9. The number of methoxy groups -OCH3 is 1. The SMILES string of the molecule is CCC1=CCCC(C)(COc2ccc(C3CN(C(=O)c4cc(C)ccn4)C3)cc2OC)C=C1. The van der Waals surface area contributed by atoms with E-state index in [0.717, 1.165) is 41.9 Å². The van der Waals surface area contributed by atoms with E-state index in [1.54, 1.807) is 13.3 Å². The maximum Gasteiger partial charge on any atom is 0.272 e. The first-order valence-electron chi connectivity index (χ1n) is 11.8. The first-order chi connectivity index (χ1) is 15.9. The topological polar surface area (TPSA) is 51.7 Å². The highest BCUT2D eigenvalue weighted by Gasteiger charge is 2.33. The molecule has 1 aromatic heterocycles. The third-order valence-electron chi connectivity index (χ3n) is 6.75. The lowest BCUT2D eigenvalue weighted by Crippen LogP contribution is -2.48. The summed E-state index contributed by atoms with van der Waals surface area (Å²) >= 11 is 0. The summed E-state index contributed by atoms with van der Waals surface area (Å²) in [6.45, 7) is 8.40. The molecule has 4 rings (SSSR count). The summed E-state index contributed by atoms with van der Waals surface area (Å²) in [6, 6.07) is 9.89. The van der Waals surface area contributed by atoms with Crippen molar-refractivity contribution in [3.8, 4) is 11.5 Å². The van der Waals surface area contributed by atoms with Crippen LogP contribution in [0, 0.1) is 12.3 Å². The number of carbonyl (C=O) groups is 1. The molecule has 1 aliphatic heterocycles. The molecule has 5 heteroatoms. The number of aryl methyl sites for hydroxylation is 1. The van der Waals surface area contributed by atoms with Crippen LogP contribution in [0.4, 0.5) is 0 Å². The Hall–Kier alpha value is -3.08. The molecule has 0 N–H and O–H groups in total. The molecule has 174 valence electrons. The average molecular weight is 447 g/mol. The first-order valence-corrected chi connectivity index (χ1v) is 11.8. The molecule has 1 atom stereocenters. The third-order valence-corrected chi connectivity index (χ3v) is 6.75. The van der Waals surface area contributed by atoms with Gasteiger partial charge in [-0.25, -0.2) is 0 Å². The number of rotatable bonds is 7. The van der Waals surface area contributed by atoms with Gasteiger partial charge in [0.05, 0.1) is 13.7 Å². The molecule has 0 bridgehead atoms. The number of aromatic nitrogens is 1. The molecule has 1 amide bonds. The van der Waals surface area contributed by atoms with Crippen LogP contribution in [0.3, 0.4) is 0 Å². The molecule has 33 heavy (non-hydrogen) atoms. The lowest BCUT2D eigenvalue weighted by Gasteiger charge is -2.39. The van der Waals surface area contributed by atoms with Crippen molar-refractivity contribution >= 4 is 5.91 Å². The van der Waals surface area contributed by atoms with Crippen LogP contribution in [-0.2, 0) is 0 Å². The zero-order valence-electron chi connectivity index (χ0n) is 20.1. The highest BCUT2D eigenvalue weighted by atomic mass is 16.5. The zero-order valence-corrected chi connectivity index (χ0v) is 20.1. The van der Waals surface area contributed by atoms with Crippen molar-refractivity contribution < 1.29 is 14.3 Å². The van der Waals surface area contributed by atoms with Crippen LogP contribution >= 0.6 is 0 Å². The van der Waals surface area contributed by atoms with Crippen LogP contribution in [-0.4, -0.2) is 42.6 Å². The van der Waals surface area contributed by atoms with Gasteiger partial charge in [-0.05, 0) is 61.6 Å². The normalized spacial score (nSPS) is 20.6. The van der Waals surface area contributed by atoms with Crippen molar-refractivity contribution in [3.05, 3.63) is 77.2 Å². The number of benzene rings is 1. The van der Waals surface area contributed by atoms with Gasteiger partial charge in [-0.3, -0.25) is 9.78 Å². The lowest BCUT2D eigenvalue weighted by molar-refractivity contribution is 0.0596. The minimum absolute atomic E-state index is 0.00420. The third kappa shape index (κ3) is 5.29. The van der Waals surface area contributed by atoms with Crippen molar-refractivity contribution in [2.45, 2.75) is 46.0 Å². The number of likely N-dealkylation sites (tertiary alicyclic amines) is 1. The van der Waals surface area contributed by atoms with Crippen LogP contribution in [0.25, 0.3) is 0 Å². The van der Waals surface area contributed by atoms with E-state index in [9.17, 15) is 4.79 Å². The monoisotopic (exact) mass is 446 g/mol. The highest BCUT2D eigenvalue weighted by molar-refractivity contribution is 5.93. The summed E-state index contributed by atoms with van der Waals surface area (Å²) in [5.41, 5.74) is 4.11. The van der Waals surface area contributed by atoms with E-state index < -0.39 is 0 Å². The van der Waals surface area contributed by atoms with E-state index in [1.807, 2.05) is 30.0 Å². The van der Waals surface area contributed by atoms with Gasteiger partial charge in [-0.1, -0.05) is 43.7 Å². The van der Waals surface area contributed by atoms with E-state index in [4.69, 9.17) is 9.47 Å². The number of nitrogens with zero attached hydrogens (tertiary/aromatic N) is 2. The van der Waals surface area contributed by atoms with Crippen molar-refractivity contribution in [1.82, 2.24) is 9.88 Å². The Kier molecular flexibility index (Phi) is 6.87. The first kappa shape index (κ1) is 23.1. The van der Waals surface area contributed by atoms with Gasteiger partial charge in [0.2, 0.25) is 0 Å². The summed E-state index contributed by atoms with van der Waals surface area (Å²) in [4.78, 5) is 18.7. The fraction of sp³-hybridized carbons (Fsp3) is 0.429. The molecule has 1 saturated heterocycles. The second kappa shape index (κ2) is 9.82. The maximum atomic E-state index is 12.7. The van der Waals surface area contributed by atoms with Gasteiger partial charge in [0, 0.05) is 30.6 Å². The predicted octanol–water partition coefficient (Wildman–Crippen LogP) is 5.71. The Morgan fingerprint density at radius 2 is 2.03 bits per heavy atom. The van der Waals surface area contributed by atoms with Gasteiger partial charge in [0.15, 0.2) is 11.5 Å². The number of carbonyl (C=O) groups excluding carboxylic acids is 1. The Morgan fingerprint density at radius 3 is 2.76 bits per heavy atom. The van der Waals surface area contributed by atoms with Crippen molar-refractivity contribution in [2.75, 3.05) is 26.8 Å². The molecule has 0 saturated carbocycles. The lowest BCUT2D eigenvalue weighted by atomic mass is 9.87. The second-order valence-corrected chi connectivity index (χ2v) is 9.48. The molecule has 2 heterocycles. The number of allylic oxidation sites excluding steroid dienone is 3. The van der Waals surface area contributed by atoms with Gasteiger partial charge >= 0.3 is 0 Å². The summed E-state index contributed by atoms with van der Waals surface area (Å²) in [7, 11) is 1.68. The van der Waals surface area contributed by atoms with E-state index in [1.165, 1.54) is 5.57 Å². The Balaban J connectivity index is 1.37. The fourth-order valence-corrected chi connectivity index (χ4v) is 4.40. The number of amides is 1. The van der Waals surface area contributed by atoms with Gasteiger partial charge in [-0.15, -0.1) is 0 Å². The molecule has 1 fully saturated rings. The van der Waals surface area contributed by atoms with Crippen LogP contribution < -0.4 is 9.47 Å². The van der Waals surface area contributed by atoms with Crippen molar-refractivity contribution in [3.63, 3.8) is 0 Å². The van der Waals surface area contributed by atoms with E-state index in [0.29, 0.717) is 31.3 Å². The molecule has 1 aliphatic carbocycles. The smallest absolute Gasteiger partial charge is 0.272 e. The molecule has 2 aromatic rings. The maximum absolute atomic E-state index is 12.7. The van der Waals surface area contributed by atoms with E-state index in [2.05, 4.69) is 49.2 Å².